The molecule has 1 aliphatic heterocycles. The van der Waals surface area contributed by atoms with E-state index >= 15 is 0 Å². The van der Waals surface area contributed by atoms with E-state index in [-0.39, 0.29) is 0 Å². The van der Waals surface area contributed by atoms with Crippen LogP contribution in [0.2, 0.25) is 0 Å². The molecule has 1 heterocycles. The Morgan fingerprint density at radius 1 is 1.44 bits per heavy atom. The Morgan fingerprint density at radius 2 is 2.17 bits per heavy atom. The van der Waals surface area contributed by atoms with Gasteiger partial charge in [0, 0.05) is 25.7 Å². The summed E-state index contributed by atoms with van der Waals surface area (Å²) in [7, 11) is -3.04. The summed E-state index contributed by atoms with van der Waals surface area (Å²) in [6.07, 6.45) is 4.55. The van der Waals surface area contributed by atoms with Gasteiger partial charge in [-0.1, -0.05) is 6.92 Å². The first-order valence-electron chi connectivity index (χ1n) is 6.73. The number of hydrogen-bond donors (Lipinski definition) is 1. The van der Waals surface area contributed by atoms with Gasteiger partial charge in [-0.05, 0) is 32.7 Å². The van der Waals surface area contributed by atoms with Crippen LogP contribution in [0.25, 0.3) is 0 Å². The van der Waals surface area contributed by atoms with Crippen molar-refractivity contribution >= 4 is 10.0 Å². The molecule has 1 N–H and O–H groups in total. The summed E-state index contributed by atoms with van der Waals surface area (Å²) in [5.41, 5.74) is 0. The molecule has 2 unspecified atom stereocenters. The second-order valence-corrected chi connectivity index (χ2v) is 6.95. The molecule has 0 bridgehead atoms. The van der Waals surface area contributed by atoms with Gasteiger partial charge in [0.05, 0.1) is 12.4 Å². The van der Waals surface area contributed by atoms with E-state index in [0.717, 1.165) is 32.4 Å². The Morgan fingerprint density at radius 3 is 2.72 bits per heavy atom. The molecule has 0 spiro atoms. The van der Waals surface area contributed by atoms with Crippen LogP contribution in [0, 0.1) is 0 Å². The number of ether oxygens (including phenoxy) is 1. The van der Waals surface area contributed by atoms with Crippen LogP contribution >= 0.6 is 0 Å². The fourth-order valence-corrected chi connectivity index (χ4v) is 3.23. The number of rotatable bonds is 7. The third kappa shape index (κ3) is 5.65. The van der Waals surface area contributed by atoms with Crippen LogP contribution in [0.15, 0.2) is 0 Å². The van der Waals surface area contributed by atoms with Crippen molar-refractivity contribution in [2.75, 3.05) is 32.5 Å². The quantitative estimate of drug-likeness (QED) is 0.700. The van der Waals surface area contributed by atoms with E-state index < -0.39 is 10.0 Å². The van der Waals surface area contributed by atoms with Gasteiger partial charge in [0.15, 0.2) is 0 Å². The highest BCUT2D eigenvalue weighted by molar-refractivity contribution is 7.88. The molecular formula is C12H26N2O3S. The molecule has 0 saturated carbocycles. The van der Waals surface area contributed by atoms with Crippen LogP contribution in [-0.2, 0) is 14.8 Å². The highest BCUT2D eigenvalue weighted by Gasteiger charge is 2.19. The van der Waals surface area contributed by atoms with Crippen LogP contribution in [0.1, 0.15) is 33.1 Å². The van der Waals surface area contributed by atoms with Gasteiger partial charge >= 0.3 is 0 Å². The monoisotopic (exact) mass is 278 g/mol. The third-order valence-electron chi connectivity index (χ3n) is 3.32. The van der Waals surface area contributed by atoms with Crippen molar-refractivity contribution < 1.29 is 13.2 Å². The van der Waals surface area contributed by atoms with E-state index in [2.05, 4.69) is 12.2 Å². The van der Waals surface area contributed by atoms with Gasteiger partial charge in [0.2, 0.25) is 10.0 Å². The predicted octanol–water partition coefficient (Wildman–Crippen LogP) is 0.815. The zero-order chi connectivity index (χ0) is 13.6. The maximum absolute atomic E-state index is 11.4. The van der Waals surface area contributed by atoms with Crippen LogP contribution in [0.4, 0.5) is 0 Å². The van der Waals surface area contributed by atoms with Crippen molar-refractivity contribution in [3.05, 3.63) is 0 Å². The van der Waals surface area contributed by atoms with Crippen molar-refractivity contribution in [1.82, 2.24) is 9.62 Å². The van der Waals surface area contributed by atoms with Crippen molar-refractivity contribution in [3.8, 4) is 0 Å². The molecule has 1 rings (SSSR count). The molecule has 18 heavy (non-hydrogen) atoms. The number of nitrogens with zero attached hydrogens (tertiary/aromatic N) is 1. The molecule has 0 amide bonds. The topological polar surface area (TPSA) is 58.6 Å². The molecule has 0 aromatic rings. The Hall–Kier alpha value is -0.170. The standard InChI is InChI=1S/C12H26N2O3S/c1-4-14(18(3,15)16)8-5-7-13-12-6-9-17-11(2)10-12/h11-13H,4-10H2,1-3H3. The van der Waals surface area contributed by atoms with Gasteiger partial charge in [-0.25, -0.2) is 12.7 Å². The van der Waals surface area contributed by atoms with Crippen LogP contribution in [0.3, 0.4) is 0 Å². The second-order valence-electron chi connectivity index (χ2n) is 4.97. The van der Waals surface area contributed by atoms with Gasteiger partial charge in [0.1, 0.15) is 0 Å². The average molecular weight is 278 g/mol. The largest absolute Gasteiger partial charge is 0.378 e. The molecule has 1 fully saturated rings. The molecule has 1 aliphatic rings. The number of hydrogen-bond acceptors (Lipinski definition) is 4. The molecule has 0 radical (unpaired) electrons. The molecule has 0 aromatic carbocycles. The van der Waals surface area contributed by atoms with Crippen LogP contribution < -0.4 is 5.32 Å². The van der Waals surface area contributed by atoms with E-state index in [4.69, 9.17) is 4.74 Å². The number of sulfonamides is 1. The molecule has 2 atom stereocenters. The van der Waals surface area contributed by atoms with Crippen molar-refractivity contribution in [2.45, 2.75) is 45.3 Å². The van der Waals surface area contributed by atoms with E-state index in [1.165, 1.54) is 10.6 Å². The highest BCUT2D eigenvalue weighted by Crippen LogP contribution is 2.12. The summed E-state index contributed by atoms with van der Waals surface area (Å²) < 4.78 is 29.8. The molecular weight excluding hydrogens is 252 g/mol. The highest BCUT2D eigenvalue weighted by atomic mass is 32.2. The van der Waals surface area contributed by atoms with Crippen molar-refractivity contribution in [2.24, 2.45) is 0 Å². The Kier molecular flexibility index (Phi) is 6.55. The van der Waals surface area contributed by atoms with Crippen molar-refractivity contribution in [1.29, 1.82) is 0 Å². The first-order chi connectivity index (χ1) is 8.43. The Bertz CT molecular complexity index is 332. The van der Waals surface area contributed by atoms with Gasteiger partial charge in [-0.2, -0.15) is 0 Å². The molecule has 1 saturated heterocycles. The summed E-state index contributed by atoms with van der Waals surface area (Å²) in [4.78, 5) is 0. The third-order valence-corrected chi connectivity index (χ3v) is 4.70. The smallest absolute Gasteiger partial charge is 0.211 e. The van der Waals surface area contributed by atoms with Gasteiger partial charge < -0.3 is 10.1 Å². The maximum atomic E-state index is 11.4. The number of nitrogens with one attached hydrogen (secondary N) is 1. The minimum atomic E-state index is -3.04. The fourth-order valence-electron chi connectivity index (χ4n) is 2.30. The minimum absolute atomic E-state index is 0.333. The van der Waals surface area contributed by atoms with E-state index in [0.29, 0.717) is 25.2 Å². The Balaban J connectivity index is 2.18. The lowest BCUT2D eigenvalue weighted by molar-refractivity contribution is 0.0134. The average Bonchev–Trinajstić information content (AvgIpc) is 2.27. The summed E-state index contributed by atoms with van der Waals surface area (Å²) in [6, 6.07) is 0.516. The maximum Gasteiger partial charge on any atom is 0.211 e. The molecule has 6 heteroatoms. The molecule has 0 aliphatic carbocycles. The van der Waals surface area contributed by atoms with Crippen LogP contribution in [-0.4, -0.2) is 57.4 Å². The van der Waals surface area contributed by atoms with Gasteiger partial charge in [-0.3, -0.25) is 0 Å². The zero-order valence-corrected chi connectivity index (χ0v) is 12.5. The summed E-state index contributed by atoms with van der Waals surface area (Å²) in [5, 5.41) is 3.48. The SMILES string of the molecule is CCN(CCCNC1CCOC(C)C1)S(C)(=O)=O. The Labute approximate surface area is 111 Å². The normalized spacial score (nSPS) is 25.6. The summed E-state index contributed by atoms with van der Waals surface area (Å²) in [5.74, 6) is 0. The molecule has 0 aromatic heterocycles. The van der Waals surface area contributed by atoms with Gasteiger partial charge in [-0.15, -0.1) is 0 Å². The predicted molar refractivity (Wildman–Crippen MR) is 73.1 cm³/mol. The van der Waals surface area contributed by atoms with E-state index in [1.54, 1.807) is 0 Å². The lowest BCUT2D eigenvalue weighted by Crippen LogP contribution is -2.39. The van der Waals surface area contributed by atoms with Gasteiger partial charge in [0.25, 0.3) is 0 Å². The van der Waals surface area contributed by atoms with Crippen LogP contribution in [0.5, 0.6) is 0 Å². The van der Waals surface area contributed by atoms with E-state index in [9.17, 15) is 8.42 Å². The second kappa shape index (κ2) is 7.43. The lowest BCUT2D eigenvalue weighted by Gasteiger charge is -2.28. The summed E-state index contributed by atoms with van der Waals surface area (Å²) >= 11 is 0. The fraction of sp³-hybridized carbons (Fsp3) is 1.00. The first-order valence-corrected chi connectivity index (χ1v) is 8.58. The first kappa shape index (κ1) is 15.9. The molecule has 5 nitrogen and oxygen atoms in total. The summed E-state index contributed by atoms with van der Waals surface area (Å²) in [6.45, 7) is 6.80. The minimum Gasteiger partial charge on any atom is -0.378 e. The lowest BCUT2D eigenvalue weighted by atomic mass is 10.0. The van der Waals surface area contributed by atoms with E-state index in [1.807, 2.05) is 6.92 Å². The molecule has 108 valence electrons. The van der Waals surface area contributed by atoms with Crippen molar-refractivity contribution in [3.63, 3.8) is 0 Å². The zero-order valence-electron chi connectivity index (χ0n) is 11.7.